The smallest absolute Gasteiger partial charge is 0.387 e. The van der Waals surface area contributed by atoms with E-state index in [0.29, 0.717) is 19.4 Å². The van der Waals surface area contributed by atoms with Crippen molar-refractivity contribution in [2.45, 2.75) is 19.5 Å². The average molecular weight is 373 g/mol. The summed E-state index contributed by atoms with van der Waals surface area (Å²) < 4.78 is 40.0. The number of carbonyl (C=O) groups is 2. The highest BCUT2D eigenvalue weighted by Crippen LogP contribution is 2.36. The van der Waals surface area contributed by atoms with Crippen LogP contribution < -0.4 is 9.47 Å². The Bertz CT molecular complexity index is 665. The van der Waals surface area contributed by atoms with Crippen LogP contribution in [0.25, 0.3) is 0 Å². The van der Waals surface area contributed by atoms with Gasteiger partial charge >= 0.3 is 12.6 Å². The lowest BCUT2D eigenvalue weighted by atomic mass is 9.80. The van der Waals surface area contributed by atoms with E-state index in [1.807, 2.05) is 0 Å². The minimum Gasteiger partial charge on any atom is -0.493 e. The minimum atomic E-state index is -3.13. The van der Waals surface area contributed by atoms with Crippen molar-refractivity contribution >= 4 is 11.9 Å². The lowest BCUT2D eigenvalue weighted by Crippen LogP contribution is -2.52. The summed E-state index contributed by atoms with van der Waals surface area (Å²) in [6.45, 7) is -2.96. The van der Waals surface area contributed by atoms with Gasteiger partial charge in [0.25, 0.3) is 5.91 Å². The number of likely N-dealkylation sites (tertiary alicyclic amines) is 1. The third kappa shape index (κ3) is 4.04. The van der Waals surface area contributed by atoms with E-state index in [4.69, 9.17) is 9.47 Å². The van der Waals surface area contributed by atoms with E-state index in [1.54, 1.807) is 0 Å². The van der Waals surface area contributed by atoms with E-state index in [1.165, 1.54) is 37.3 Å². The first-order chi connectivity index (χ1) is 12.3. The normalized spacial score (nSPS) is 20.1. The number of methoxy groups -OCH3 is 2. The molecule has 0 spiro atoms. The fraction of sp³-hybridized carbons (Fsp3) is 0.529. The SMILES string of the molecule is COCC1(C(=O)O)CCCN(C(=O)c2cccc(OC)c2OC(F)F)C1. The number of carboxylic acid groups (broad SMARTS) is 1. The Morgan fingerprint density at radius 2 is 2.08 bits per heavy atom. The van der Waals surface area contributed by atoms with Gasteiger partial charge in [-0.2, -0.15) is 8.78 Å². The second-order valence-corrected chi connectivity index (χ2v) is 6.06. The van der Waals surface area contributed by atoms with Crippen molar-refractivity contribution in [2.24, 2.45) is 5.41 Å². The van der Waals surface area contributed by atoms with Crippen molar-refractivity contribution in [2.75, 3.05) is 33.9 Å². The van der Waals surface area contributed by atoms with Crippen LogP contribution in [0.15, 0.2) is 18.2 Å². The first kappa shape index (κ1) is 19.9. The van der Waals surface area contributed by atoms with Crippen molar-refractivity contribution in [3.05, 3.63) is 23.8 Å². The summed E-state index contributed by atoms with van der Waals surface area (Å²) >= 11 is 0. The van der Waals surface area contributed by atoms with Crippen molar-refractivity contribution < 1.29 is 37.7 Å². The molecule has 1 unspecified atom stereocenters. The van der Waals surface area contributed by atoms with Crippen molar-refractivity contribution in [3.8, 4) is 11.5 Å². The Kier molecular flexibility index (Phi) is 6.36. The van der Waals surface area contributed by atoms with Gasteiger partial charge in [0.15, 0.2) is 11.5 Å². The predicted molar refractivity (Wildman–Crippen MR) is 86.7 cm³/mol. The number of carboxylic acids is 1. The zero-order valence-corrected chi connectivity index (χ0v) is 14.5. The summed E-state index contributed by atoms with van der Waals surface area (Å²) in [5.74, 6) is -2.03. The highest BCUT2D eigenvalue weighted by atomic mass is 19.3. The molecule has 1 atom stereocenters. The molecule has 1 aliphatic heterocycles. The monoisotopic (exact) mass is 373 g/mol. The number of nitrogens with zero attached hydrogens (tertiary/aromatic N) is 1. The highest BCUT2D eigenvalue weighted by molar-refractivity contribution is 5.98. The molecule has 0 aliphatic carbocycles. The number of benzene rings is 1. The summed E-state index contributed by atoms with van der Waals surface area (Å²) in [5, 5.41) is 9.58. The molecule has 1 fully saturated rings. The number of ether oxygens (including phenoxy) is 3. The molecule has 1 aromatic carbocycles. The van der Waals surface area contributed by atoms with Gasteiger partial charge in [0.05, 0.1) is 19.3 Å². The average Bonchev–Trinajstić information content (AvgIpc) is 2.61. The molecule has 0 aromatic heterocycles. The maximum absolute atomic E-state index is 12.9. The summed E-state index contributed by atoms with van der Waals surface area (Å²) in [4.78, 5) is 25.9. The molecule has 1 N–H and O–H groups in total. The largest absolute Gasteiger partial charge is 0.493 e. The molecule has 1 saturated heterocycles. The maximum Gasteiger partial charge on any atom is 0.387 e. The zero-order chi connectivity index (χ0) is 19.3. The van der Waals surface area contributed by atoms with Crippen LogP contribution in [0.4, 0.5) is 8.78 Å². The molecule has 1 amide bonds. The van der Waals surface area contributed by atoms with Crippen LogP contribution in [0, 0.1) is 5.41 Å². The van der Waals surface area contributed by atoms with Crippen LogP contribution in [0.3, 0.4) is 0 Å². The molecule has 1 heterocycles. The number of hydrogen-bond acceptors (Lipinski definition) is 5. The number of aliphatic carboxylic acids is 1. The van der Waals surface area contributed by atoms with Crippen LogP contribution in [0.5, 0.6) is 11.5 Å². The molecule has 0 bridgehead atoms. The fourth-order valence-electron chi connectivity index (χ4n) is 3.16. The van der Waals surface area contributed by atoms with E-state index in [-0.39, 0.29) is 30.2 Å². The van der Waals surface area contributed by atoms with Gasteiger partial charge in [-0.15, -0.1) is 0 Å². The third-order valence-electron chi connectivity index (χ3n) is 4.37. The second kappa shape index (κ2) is 8.31. The molecule has 144 valence electrons. The maximum atomic E-state index is 12.9. The van der Waals surface area contributed by atoms with E-state index in [0.717, 1.165) is 0 Å². The number of amides is 1. The molecular formula is C17H21F2NO6. The lowest BCUT2D eigenvalue weighted by molar-refractivity contribution is -0.155. The first-order valence-corrected chi connectivity index (χ1v) is 7.98. The number of piperidine rings is 1. The second-order valence-electron chi connectivity index (χ2n) is 6.06. The molecule has 9 heteroatoms. The van der Waals surface area contributed by atoms with Crippen molar-refractivity contribution in [1.82, 2.24) is 4.90 Å². The van der Waals surface area contributed by atoms with Gasteiger partial charge in [0.1, 0.15) is 5.41 Å². The van der Waals surface area contributed by atoms with Crippen molar-refractivity contribution in [1.29, 1.82) is 0 Å². The van der Waals surface area contributed by atoms with Crippen molar-refractivity contribution in [3.63, 3.8) is 0 Å². The first-order valence-electron chi connectivity index (χ1n) is 7.98. The summed E-state index contributed by atoms with van der Waals surface area (Å²) in [6.07, 6.45) is 0.814. The summed E-state index contributed by atoms with van der Waals surface area (Å²) in [7, 11) is 2.67. The number of rotatable bonds is 7. The number of alkyl halides is 2. The number of halogens is 2. The van der Waals surface area contributed by atoms with Crippen LogP contribution in [0.2, 0.25) is 0 Å². The van der Waals surface area contributed by atoms with Crippen LogP contribution >= 0.6 is 0 Å². The number of para-hydroxylation sites is 1. The van der Waals surface area contributed by atoms with Crippen LogP contribution in [-0.2, 0) is 9.53 Å². The van der Waals surface area contributed by atoms with E-state index in [2.05, 4.69) is 4.74 Å². The Balaban J connectivity index is 2.35. The Hall–Kier alpha value is -2.42. The van der Waals surface area contributed by atoms with Crippen LogP contribution in [0.1, 0.15) is 23.2 Å². The molecule has 1 aliphatic rings. The van der Waals surface area contributed by atoms with E-state index < -0.39 is 23.9 Å². The quantitative estimate of drug-likeness (QED) is 0.789. The molecule has 0 radical (unpaired) electrons. The molecule has 0 saturated carbocycles. The fourth-order valence-corrected chi connectivity index (χ4v) is 3.16. The summed E-state index contributed by atoms with van der Waals surface area (Å²) in [5.41, 5.74) is -1.34. The van der Waals surface area contributed by atoms with Gasteiger partial charge in [-0.05, 0) is 25.0 Å². The Morgan fingerprint density at radius 3 is 2.65 bits per heavy atom. The predicted octanol–water partition coefficient (Wildman–Crippen LogP) is 2.25. The minimum absolute atomic E-state index is 0.00505. The van der Waals surface area contributed by atoms with Gasteiger partial charge in [-0.3, -0.25) is 9.59 Å². The van der Waals surface area contributed by atoms with Gasteiger partial charge < -0.3 is 24.2 Å². The topological polar surface area (TPSA) is 85.3 Å². The van der Waals surface area contributed by atoms with Gasteiger partial charge in [-0.1, -0.05) is 6.07 Å². The molecule has 1 aromatic rings. The van der Waals surface area contributed by atoms with Gasteiger partial charge in [0, 0.05) is 20.2 Å². The Morgan fingerprint density at radius 1 is 1.35 bits per heavy atom. The third-order valence-corrected chi connectivity index (χ3v) is 4.37. The van der Waals surface area contributed by atoms with E-state index in [9.17, 15) is 23.5 Å². The molecule has 2 rings (SSSR count). The highest BCUT2D eigenvalue weighted by Gasteiger charge is 2.44. The molecular weight excluding hydrogens is 352 g/mol. The van der Waals surface area contributed by atoms with Gasteiger partial charge in [-0.25, -0.2) is 0 Å². The summed E-state index contributed by atoms with van der Waals surface area (Å²) in [6, 6.07) is 4.22. The van der Waals surface area contributed by atoms with Gasteiger partial charge in [0.2, 0.25) is 0 Å². The lowest BCUT2D eigenvalue weighted by Gasteiger charge is -2.39. The standard InChI is InChI=1S/C17H21F2NO6/c1-24-10-17(15(22)23)7-4-8-20(9-17)14(21)11-5-3-6-12(25-2)13(11)26-16(18)19/h3,5-6,16H,4,7-10H2,1-2H3,(H,22,23). The number of hydrogen-bond donors (Lipinski definition) is 1. The number of carbonyl (C=O) groups excluding carboxylic acids is 1. The van der Waals surface area contributed by atoms with Crippen LogP contribution in [-0.4, -0.2) is 62.4 Å². The molecule has 7 nitrogen and oxygen atoms in total. The van der Waals surface area contributed by atoms with E-state index >= 15 is 0 Å². The Labute approximate surface area is 149 Å². The zero-order valence-electron chi connectivity index (χ0n) is 14.5. The molecule has 26 heavy (non-hydrogen) atoms.